The van der Waals surface area contributed by atoms with Gasteiger partial charge in [0.2, 0.25) is 0 Å². The van der Waals surface area contributed by atoms with Crippen molar-refractivity contribution in [3.8, 4) is 11.8 Å². The summed E-state index contributed by atoms with van der Waals surface area (Å²) in [7, 11) is 0. The molecule has 0 spiro atoms. The number of carbonyl (C=O) groups excluding carboxylic acids is 1. The molecule has 0 N–H and O–H groups in total. The lowest BCUT2D eigenvalue weighted by molar-refractivity contribution is -0.107. The second kappa shape index (κ2) is 5.23. The van der Waals surface area contributed by atoms with E-state index in [1.165, 1.54) is 0 Å². The highest BCUT2D eigenvalue weighted by Crippen LogP contribution is 1.68. The molecule has 0 heterocycles. The zero-order valence-corrected chi connectivity index (χ0v) is 4.40. The van der Waals surface area contributed by atoms with Gasteiger partial charge >= 0.3 is 0 Å². The standard InChI is InChI=1S/C6H8O/c1-2-3-4-5-6-7/h6H,2,5H2,1H3. The number of aldehydes is 1. The average molecular weight is 96.1 g/mol. The summed E-state index contributed by atoms with van der Waals surface area (Å²) in [4.78, 5) is 9.58. The molecule has 0 aliphatic rings. The molecule has 0 aliphatic heterocycles. The van der Waals surface area contributed by atoms with Crippen LogP contribution in [0.25, 0.3) is 0 Å². The highest BCUT2D eigenvalue weighted by atomic mass is 16.1. The first-order chi connectivity index (χ1) is 3.41. The van der Waals surface area contributed by atoms with Gasteiger partial charge in [0.05, 0.1) is 6.42 Å². The molecule has 0 aromatic rings. The minimum atomic E-state index is 0.383. The van der Waals surface area contributed by atoms with Crippen molar-refractivity contribution in [2.45, 2.75) is 19.8 Å². The molecule has 0 bridgehead atoms. The van der Waals surface area contributed by atoms with Crippen LogP contribution < -0.4 is 0 Å². The molecule has 0 unspecified atom stereocenters. The van der Waals surface area contributed by atoms with E-state index in [0.29, 0.717) is 6.42 Å². The number of hydrogen-bond acceptors (Lipinski definition) is 1. The second-order valence-corrected chi connectivity index (χ2v) is 1.08. The molecule has 1 nitrogen and oxygen atoms in total. The Hall–Kier alpha value is -0.770. The third-order valence-electron chi connectivity index (χ3n) is 0.487. The van der Waals surface area contributed by atoms with Crippen LogP contribution in [-0.2, 0) is 4.79 Å². The van der Waals surface area contributed by atoms with E-state index < -0.39 is 0 Å². The van der Waals surface area contributed by atoms with E-state index in [1.807, 2.05) is 6.92 Å². The van der Waals surface area contributed by atoms with Crippen molar-refractivity contribution in [1.82, 2.24) is 0 Å². The third kappa shape index (κ3) is 5.23. The van der Waals surface area contributed by atoms with Crippen molar-refractivity contribution < 1.29 is 4.79 Å². The van der Waals surface area contributed by atoms with Gasteiger partial charge in [-0.25, -0.2) is 0 Å². The summed E-state index contributed by atoms with van der Waals surface area (Å²) in [6, 6.07) is 0. The monoisotopic (exact) mass is 96.1 g/mol. The van der Waals surface area contributed by atoms with Crippen LogP contribution in [0.5, 0.6) is 0 Å². The van der Waals surface area contributed by atoms with Crippen LogP contribution in [-0.4, -0.2) is 6.29 Å². The molecule has 0 aliphatic carbocycles. The Bertz CT molecular complexity index is 94.5. The van der Waals surface area contributed by atoms with Crippen LogP contribution >= 0.6 is 0 Å². The number of carbonyl (C=O) groups is 1. The van der Waals surface area contributed by atoms with Gasteiger partial charge in [0.15, 0.2) is 0 Å². The maximum Gasteiger partial charge on any atom is 0.131 e. The first kappa shape index (κ1) is 6.23. The molecule has 7 heavy (non-hydrogen) atoms. The van der Waals surface area contributed by atoms with Crippen LogP contribution in [0.2, 0.25) is 0 Å². The van der Waals surface area contributed by atoms with E-state index >= 15 is 0 Å². The third-order valence-corrected chi connectivity index (χ3v) is 0.487. The van der Waals surface area contributed by atoms with Gasteiger partial charge in [-0.2, -0.15) is 0 Å². The predicted octanol–water partition coefficient (Wildman–Crippen LogP) is 0.989. The van der Waals surface area contributed by atoms with Gasteiger partial charge in [-0.3, -0.25) is 0 Å². The molecule has 38 valence electrons. The van der Waals surface area contributed by atoms with E-state index in [2.05, 4.69) is 11.8 Å². The Morgan fingerprint density at radius 1 is 1.57 bits per heavy atom. The van der Waals surface area contributed by atoms with E-state index in [1.54, 1.807) is 0 Å². The zero-order valence-electron chi connectivity index (χ0n) is 4.40. The average Bonchev–Trinajstić information content (AvgIpc) is 1.69. The maximum atomic E-state index is 9.58. The summed E-state index contributed by atoms with van der Waals surface area (Å²) in [6.07, 6.45) is 2.03. The van der Waals surface area contributed by atoms with Crippen LogP contribution in [0.15, 0.2) is 0 Å². The van der Waals surface area contributed by atoms with Gasteiger partial charge in [-0.05, 0) is 0 Å². The quantitative estimate of drug-likeness (QED) is 0.351. The molecular weight excluding hydrogens is 88.1 g/mol. The van der Waals surface area contributed by atoms with Crippen molar-refractivity contribution in [2.75, 3.05) is 0 Å². The number of hydrogen-bond donors (Lipinski definition) is 0. The van der Waals surface area contributed by atoms with Gasteiger partial charge in [-0.15, -0.1) is 5.92 Å². The van der Waals surface area contributed by atoms with Crippen molar-refractivity contribution in [3.63, 3.8) is 0 Å². The predicted molar refractivity (Wildman–Crippen MR) is 28.7 cm³/mol. The Morgan fingerprint density at radius 3 is 2.71 bits per heavy atom. The van der Waals surface area contributed by atoms with Crippen LogP contribution in [0.4, 0.5) is 0 Å². The Morgan fingerprint density at radius 2 is 2.29 bits per heavy atom. The molecule has 0 radical (unpaired) electrons. The van der Waals surface area contributed by atoms with Crippen LogP contribution in [0, 0.1) is 11.8 Å². The molecule has 0 rings (SSSR count). The van der Waals surface area contributed by atoms with Gasteiger partial charge in [-0.1, -0.05) is 12.8 Å². The van der Waals surface area contributed by atoms with E-state index in [0.717, 1.165) is 12.7 Å². The van der Waals surface area contributed by atoms with Gasteiger partial charge in [0.1, 0.15) is 6.29 Å². The minimum Gasteiger partial charge on any atom is -0.302 e. The molecule has 0 aromatic heterocycles. The Balaban J connectivity index is 3.06. The highest BCUT2D eigenvalue weighted by Gasteiger charge is 1.64. The molecule has 1 heteroatoms. The lowest BCUT2D eigenvalue weighted by Crippen LogP contribution is -1.64. The summed E-state index contributed by atoms with van der Waals surface area (Å²) in [5.74, 6) is 5.43. The smallest absolute Gasteiger partial charge is 0.131 e. The Labute approximate surface area is 43.7 Å². The van der Waals surface area contributed by atoms with Crippen LogP contribution in [0.3, 0.4) is 0 Å². The van der Waals surface area contributed by atoms with Gasteiger partial charge in [0.25, 0.3) is 0 Å². The van der Waals surface area contributed by atoms with Crippen molar-refractivity contribution in [2.24, 2.45) is 0 Å². The first-order valence-electron chi connectivity index (χ1n) is 2.31. The van der Waals surface area contributed by atoms with E-state index in [9.17, 15) is 4.79 Å². The molecule has 0 aromatic carbocycles. The molecule has 0 saturated carbocycles. The second-order valence-electron chi connectivity index (χ2n) is 1.08. The summed E-state index contributed by atoms with van der Waals surface area (Å²) >= 11 is 0. The van der Waals surface area contributed by atoms with Crippen molar-refractivity contribution >= 4 is 6.29 Å². The van der Waals surface area contributed by atoms with Gasteiger partial charge < -0.3 is 4.79 Å². The summed E-state index contributed by atoms with van der Waals surface area (Å²) in [5.41, 5.74) is 0. The lowest BCUT2D eigenvalue weighted by atomic mass is 10.4. The van der Waals surface area contributed by atoms with Crippen molar-refractivity contribution in [1.29, 1.82) is 0 Å². The van der Waals surface area contributed by atoms with E-state index in [4.69, 9.17) is 0 Å². The fourth-order valence-electron chi connectivity index (χ4n) is 0.239. The molecule has 0 saturated heterocycles. The van der Waals surface area contributed by atoms with Crippen LogP contribution in [0.1, 0.15) is 19.8 Å². The molecule has 0 amide bonds. The molecule has 0 fully saturated rings. The van der Waals surface area contributed by atoms with E-state index in [-0.39, 0.29) is 0 Å². The summed E-state index contributed by atoms with van der Waals surface area (Å²) in [6.45, 7) is 1.96. The molecular formula is C6H8O. The normalized spacial score (nSPS) is 6.43. The number of rotatable bonds is 1. The fourth-order valence-corrected chi connectivity index (χ4v) is 0.239. The highest BCUT2D eigenvalue weighted by molar-refractivity contribution is 5.53. The maximum absolute atomic E-state index is 9.58. The summed E-state index contributed by atoms with van der Waals surface area (Å²) in [5, 5.41) is 0. The fraction of sp³-hybridized carbons (Fsp3) is 0.500. The topological polar surface area (TPSA) is 17.1 Å². The largest absolute Gasteiger partial charge is 0.302 e. The Kier molecular flexibility index (Phi) is 4.65. The lowest BCUT2D eigenvalue weighted by Gasteiger charge is -1.65. The van der Waals surface area contributed by atoms with Crippen molar-refractivity contribution in [3.05, 3.63) is 0 Å². The van der Waals surface area contributed by atoms with Gasteiger partial charge in [0, 0.05) is 6.42 Å². The zero-order chi connectivity index (χ0) is 5.54. The first-order valence-corrected chi connectivity index (χ1v) is 2.31. The SMILES string of the molecule is CCC#CCC=O. The summed E-state index contributed by atoms with van der Waals surface area (Å²) < 4.78 is 0. The minimum absolute atomic E-state index is 0.383. The molecule has 0 atom stereocenters.